The fraction of sp³-hybridized carbons (Fsp3) is 0.538. The van der Waals surface area contributed by atoms with E-state index in [-0.39, 0.29) is 26.4 Å². The van der Waals surface area contributed by atoms with Gasteiger partial charge >= 0.3 is 0 Å². The molecule has 50 heavy (non-hydrogen) atoms. The summed E-state index contributed by atoms with van der Waals surface area (Å²) in [6.45, 7) is 13.3. The zero-order valence-electron chi connectivity index (χ0n) is 29.0. The number of aliphatic imine (C=N–C) groups is 2. The van der Waals surface area contributed by atoms with E-state index in [1.165, 1.54) is 12.7 Å². The van der Waals surface area contributed by atoms with Crippen LogP contribution in [0.5, 0.6) is 11.5 Å². The largest absolute Gasteiger partial charge is 0.508 e. The molecular weight excluding hydrogens is 862 g/mol. The van der Waals surface area contributed by atoms with Crippen molar-refractivity contribution in [2.75, 3.05) is 39.6 Å². The number of allylic oxidation sites excluding steroid dienone is 2. The fourth-order valence-corrected chi connectivity index (χ4v) is 5.82. The van der Waals surface area contributed by atoms with Crippen LogP contribution in [0.15, 0.2) is 78.8 Å². The Kier molecular flexibility index (Phi) is 22.8. The molecule has 11 heteroatoms. The second-order valence-electron chi connectivity index (χ2n) is 12.4. The van der Waals surface area contributed by atoms with Gasteiger partial charge < -0.3 is 34.6 Å². The number of aliphatic hydroxyl groups excluding tert-OH is 3. The van der Waals surface area contributed by atoms with Crippen molar-refractivity contribution in [1.29, 1.82) is 0 Å². The predicted molar refractivity (Wildman–Crippen MR) is 222 cm³/mol. The number of phenols is 1. The number of aromatic hydroxyl groups is 1. The summed E-state index contributed by atoms with van der Waals surface area (Å²) in [5.41, 5.74) is 1.38. The van der Waals surface area contributed by atoms with Gasteiger partial charge in [-0.3, -0.25) is 0 Å². The summed E-state index contributed by atoms with van der Waals surface area (Å²) in [6, 6.07) is 15.3. The molecule has 2 aliphatic rings. The maximum absolute atomic E-state index is 9.62. The van der Waals surface area contributed by atoms with Gasteiger partial charge in [-0.05, 0) is 152 Å². The topological polar surface area (TPSA) is 133 Å². The van der Waals surface area contributed by atoms with Crippen LogP contribution in [0.2, 0.25) is 0 Å². The van der Waals surface area contributed by atoms with Crippen LogP contribution in [-0.2, 0) is 22.3 Å². The van der Waals surface area contributed by atoms with Crippen molar-refractivity contribution in [3.8, 4) is 11.5 Å². The van der Waals surface area contributed by atoms with Crippen LogP contribution in [0.25, 0.3) is 0 Å². The van der Waals surface area contributed by atoms with Crippen molar-refractivity contribution in [2.45, 2.75) is 96.6 Å². The van der Waals surface area contributed by atoms with Gasteiger partial charge in [0, 0.05) is 20.5 Å². The first-order valence-corrected chi connectivity index (χ1v) is 19.0. The van der Waals surface area contributed by atoms with E-state index in [1.54, 1.807) is 19.1 Å². The molecule has 280 valence electrons. The third kappa shape index (κ3) is 18.3. The molecule has 0 aromatic heterocycles. The minimum atomic E-state index is -0.484. The number of nitrogens with zero attached hydrogens (tertiary/aromatic N) is 2. The van der Waals surface area contributed by atoms with Gasteiger partial charge in [-0.2, -0.15) is 0 Å². The first kappa shape index (κ1) is 45.8. The van der Waals surface area contributed by atoms with Crippen molar-refractivity contribution in [3.63, 3.8) is 0 Å². The molecule has 2 aromatic rings. The standard InChI is InChI=1S/C19H26INO3.C13H17NO3.C6H11IO.CH4/c1-15(20)5-3-4-12-23-18-8-6-17(7-9-18)10-11-19(13-22)14-24-16(2)21-19;1-10-14-13(8-15,9-17-10)7-6-11-2-4-12(16)5-3-11;1-6(7)4-2-3-5-8;/h6-9,22H,1,3-5,10-14H2,2H3;2-5,15-16H,6-9H2,1H3;8H,1-5H2;1H4. The van der Waals surface area contributed by atoms with Crippen LogP contribution in [0.1, 0.15) is 83.8 Å². The second kappa shape index (κ2) is 24.9. The quantitative estimate of drug-likeness (QED) is 0.0871. The zero-order chi connectivity index (χ0) is 36.1. The van der Waals surface area contributed by atoms with Crippen molar-refractivity contribution < 1.29 is 34.6 Å². The zero-order valence-corrected chi connectivity index (χ0v) is 33.3. The van der Waals surface area contributed by atoms with Gasteiger partial charge in [-0.1, -0.05) is 44.8 Å². The van der Waals surface area contributed by atoms with Crippen molar-refractivity contribution in [1.82, 2.24) is 0 Å². The maximum atomic E-state index is 9.62. The number of ether oxygens (including phenoxy) is 3. The summed E-state index contributed by atoms with van der Waals surface area (Å²) in [5.74, 6) is 2.48. The third-order valence-corrected chi connectivity index (χ3v) is 9.14. The van der Waals surface area contributed by atoms with E-state index >= 15 is 0 Å². The third-order valence-electron chi connectivity index (χ3n) is 8.06. The van der Waals surface area contributed by atoms with E-state index in [9.17, 15) is 15.3 Å². The highest BCUT2D eigenvalue weighted by Crippen LogP contribution is 2.26. The van der Waals surface area contributed by atoms with E-state index in [2.05, 4.69) is 80.5 Å². The number of benzene rings is 2. The van der Waals surface area contributed by atoms with Crippen LogP contribution in [0.4, 0.5) is 0 Å². The molecule has 0 amide bonds. The lowest BCUT2D eigenvalue weighted by Crippen LogP contribution is -2.33. The van der Waals surface area contributed by atoms with Crippen LogP contribution < -0.4 is 4.74 Å². The van der Waals surface area contributed by atoms with Crippen LogP contribution in [-0.4, -0.2) is 82.9 Å². The highest BCUT2D eigenvalue weighted by molar-refractivity contribution is 14.1. The second-order valence-corrected chi connectivity index (χ2v) is 15.5. The monoisotopic (exact) mass is 920 g/mol. The number of hydrogen-bond acceptors (Lipinski definition) is 9. The van der Waals surface area contributed by atoms with Gasteiger partial charge in [0.05, 0.1) is 19.8 Å². The van der Waals surface area contributed by atoms with Crippen molar-refractivity contribution in [3.05, 3.63) is 80.0 Å². The smallest absolute Gasteiger partial charge is 0.180 e. The number of aryl methyl sites for hydroxylation is 2. The van der Waals surface area contributed by atoms with Crippen LogP contribution in [0.3, 0.4) is 0 Å². The number of phenolic OH excluding ortho intramolecular Hbond substituents is 1. The van der Waals surface area contributed by atoms with Gasteiger partial charge in [-0.25, -0.2) is 9.98 Å². The van der Waals surface area contributed by atoms with Gasteiger partial charge in [0.2, 0.25) is 0 Å². The van der Waals surface area contributed by atoms with E-state index in [4.69, 9.17) is 19.3 Å². The Morgan fingerprint density at radius 3 is 1.56 bits per heavy atom. The summed E-state index contributed by atoms with van der Waals surface area (Å²) < 4.78 is 18.9. The maximum Gasteiger partial charge on any atom is 0.180 e. The highest BCUT2D eigenvalue weighted by Gasteiger charge is 2.35. The molecule has 2 atom stereocenters. The molecule has 2 aliphatic heterocycles. The Morgan fingerprint density at radius 1 is 0.740 bits per heavy atom. The van der Waals surface area contributed by atoms with Crippen LogP contribution in [0, 0.1) is 0 Å². The summed E-state index contributed by atoms with van der Waals surface area (Å²) in [5, 5.41) is 36.6. The van der Waals surface area contributed by atoms with Gasteiger partial charge in [0.1, 0.15) is 35.8 Å². The summed E-state index contributed by atoms with van der Waals surface area (Å²) >= 11 is 4.47. The normalized spacial score (nSPS) is 18.9. The molecule has 0 spiro atoms. The van der Waals surface area contributed by atoms with Gasteiger partial charge in [-0.15, -0.1) is 0 Å². The first-order chi connectivity index (χ1) is 23.4. The van der Waals surface area contributed by atoms with Gasteiger partial charge in [0.15, 0.2) is 11.8 Å². The minimum absolute atomic E-state index is 0. The molecule has 0 saturated heterocycles. The first-order valence-electron chi connectivity index (χ1n) is 16.8. The average Bonchev–Trinajstić information content (AvgIpc) is 3.66. The molecule has 0 radical (unpaired) electrons. The summed E-state index contributed by atoms with van der Waals surface area (Å²) in [7, 11) is 0. The van der Waals surface area contributed by atoms with E-state index in [0.717, 1.165) is 82.1 Å². The number of unbranched alkanes of at least 4 members (excludes halogenated alkanes) is 2. The van der Waals surface area contributed by atoms with E-state index in [1.807, 2.05) is 31.2 Å². The number of halogens is 2. The minimum Gasteiger partial charge on any atom is -0.508 e. The highest BCUT2D eigenvalue weighted by atomic mass is 127. The molecule has 2 heterocycles. The average molecular weight is 921 g/mol. The predicted octanol–water partition coefficient (Wildman–Crippen LogP) is 8.54. The Morgan fingerprint density at radius 2 is 1.18 bits per heavy atom. The van der Waals surface area contributed by atoms with E-state index < -0.39 is 11.1 Å². The lowest BCUT2D eigenvalue weighted by Gasteiger charge is -2.21. The fourth-order valence-electron chi connectivity index (χ4n) is 5.06. The SMILES string of the molecule is C.C=C(I)CCCCO.C=C(I)CCCCOc1ccc(CCC2(CO)COC(C)=N2)cc1.CC1=NC(CO)(CCc2ccc(O)cc2)CO1. The number of hydrogen-bond donors (Lipinski definition) is 4. The Hall–Kier alpha value is -2.20. The Balaban J connectivity index is 0.000000418. The molecule has 2 aromatic carbocycles. The lowest BCUT2D eigenvalue weighted by atomic mass is 9.94. The van der Waals surface area contributed by atoms with Crippen molar-refractivity contribution >= 4 is 57.0 Å². The lowest BCUT2D eigenvalue weighted by molar-refractivity contribution is 0.150. The molecule has 4 rings (SSSR count). The van der Waals surface area contributed by atoms with Crippen LogP contribution >= 0.6 is 45.2 Å². The Bertz CT molecular complexity index is 1330. The molecule has 4 N–H and O–H groups in total. The summed E-state index contributed by atoms with van der Waals surface area (Å²) in [6.07, 6.45) is 9.42. The molecule has 9 nitrogen and oxygen atoms in total. The summed E-state index contributed by atoms with van der Waals surface area (Å²) in [4.78, 5) is 8.82. The molecule has 0 bridgehead atoms. The van der Waals surface area contributed by atoms with E-state index in [0.29, 0.717) is 31.6 Å². The molecule has 0 aliphatic carbocycles. The molecule has 2 unspecified atom stereocenters. The molecular formula is C39H58I2N2O7. The number of rotatable bonds is 18. The van der Waals surface area contributed by atoms with Crippen molar-refractivity contribution in [2.24, 2.45) is 9.98 Å². The number of aliphatic hydroxyl groups is 3. The van der Waals surface area contributed by atoms with Gasteiger partial charge in [0.25, 0.3) is 0 Å². The Labute approximate surface area is 327 Å². The molecule has 0 saturated carbocycles. The molecule has 0 fully saturated rings.